The van der Waals surface area contributed by atoms with Gasteiger partial charge in [0.2, 0.25) is 15.9 Å². The molecule has 0 unspecified atom stereocenters. The molecule has 1 atom stereocenters. The molecule has 0 bridgehead atoms. The standard InChI is InChI=1S/C25H28N2O5S/c1-31-21-13-12-19(23(15-21)32-2)16-26-25(28)20-9-6-14-27(17-20)33(29,30)24-11-5-8-18-7-3-4-10-22(18)24/h3-5,7-8,10-13,15,20H,6,9,14,16-17H2,1-2H3,(H,26,28)/t20-/m0/s1. The summed E-state index contributed by atoms with van der Waals surface area (Å²) in [5, 5.41) is 4.51. The Morgan fingerprint density at radius 2 is 1.85 bits per heavy atom. The summed E-state index contributed by atoms with van der Waals surface area (Å²) >= 11 is 0. The molecule has 1 N–H and O–H groups in total. The smallest absolute Gasteiger partial charge is 0.243 e. The fourth-order valence-electron chi connectivity index (χ4n) is 4.26. The predicted octanol–water partition coefficient (Wildman–Crippen LogP) is 3.57. The number of benzene rings is 3. The van der Waals surface area contributed by atoms with Crippen molar-refractivity contribution >= 4 is 26.7 Å². The van der Waals surface area contributed by atoms with Crippen LogP contribution in [0.1, 0.15) is 18.4 Å². The van der Waals surface area contributed by atoms with E-state index >= 15 is 0 Å². The van der Waals surface area contributed by atoms with Crippen LogP contribution in [-0.4, -0.2) is 45.9 Å². The monoisotopic (exact) mass is 468 g/mol. The molecule has 33 heavy (non-hydrogen) atoms. The third-order valence-corrected chi connectivity index (χ3v) is 7.99. The normalized spacial score (nSPS) is 17.0. The molecule has 1 aliphatic heterocycles. The number of sulfonamides is 1. The average molecular weight is 469 g/mol. The van der Waals surface area contributed by atoms with Gasteiger partial charge in [0, 0.05) is 36.7 Å². The van der Waals surface area contributed by atoms with Crippen LogP contribution < -0.4 is 14.8 Å². The number of hydrogen-bond donors (Lipinski definition) is 1. The summed E-state index contributed by atoms with van der Waals surface area (Å²) in [6.07, 6.45) is 1.28. The molecule has 8 heteroatoms. The number of rotatable bonds is 7. The topological polar surface area (TPSA) is 84.9 Å². The Bertz CT molecular complexity index is 1250. The van der Waals surface area contributed by atoms with Crippen molar-refractivity contribution in [3.05, 3.63) is 66.2 Å². The first-order valence-corrected chi connectivity index (χ1v) is 12.3. The van der Waals surface area contributed by atoms with Gasteiger partial charge < -0.3 is 14.8 Å². The van der Waals surface area contributed by atoms with Gasteiger partial charge in [0.15, 0.2) is 0 Å². The molecule has 174 valence electrons. The van der Waals surface area contributed by atoms with E-state index in [1.165, 1.54) is 4.31 Å². The van der Waals surface area contributed by atoms with E-state index in [-0.39, 0.29) is 17.3 Å². The number of hydrogen-bond acceptors (Lipinski definition) is 5. The molecule has 1 heterocycles. The summed E-state index contributed by atoms with van der Waals surface area (Å²) in [5.74, 6) is 0.723. The second-order valence-electron chi connectivity index (χ2n) is 8.08. The number of carbonyl (C=O) groups is 1. The fourth-order valence-corrected chi connectivity index (χ4v) is 6.00. The third-order valence-electron chi connectivity index (χ3n) is 6.07. The number of methoxy groups -OCH3 is 2. The van der Waals surface area contributed by atoms with Gasteiger partial charge >= 0.3 is 0 Å². The molecular weight excluding hydrogens is 440 g/mol. The quantitative estimate of drug-likeness (QED) is 0.573. The molecule has 1 aliphatic rings. The first-order valence-electron chi connectivity index (χ1n) is 10.9. The molecular formula is C25H28N2O5S. The minimum atomic E-state index is -3.72. The molecule has 4 rings (SSSR count). The molecule has 1 amide bonds. The number of piperidine rings is 1. The van der Waals surface area contributed by atoms with Crippen LogP contribution in [0.25, 0.3) is 10.8 Å². The van der Waals surface area contributed by atoms with Crippen LogP contribution in [0.5, 0.6) is 11.5 Å². The zero-order chi connectivity index (χ0) is 23.4. The lowest BCUT2D eigenvalue weighted by Gasteiger charge is -2.31. The molecule has 0 spiro atoms. The number of fused-ring (bicyclic) bond motifs is 1. The van der Waals surface area contributed by atoms with Crippen LogP contribution in [0.15, 0.2) is 65.6 Å². The van der Waals surface area contributed by atoms with E-state index < -0.39 is 15.9 Å². The Labute approximate surface area is 194 Å². The van der Waals surface area contributed by atoms with Crippen molar-refractivity contribution in [2.75, 3.05) is 27.3 Å². The zero-order valence-electron chi connectivity index (χ0n) is 18.8. The molecule has 0 radical (unpaired) electrons. The van der Waals surface area contributed by atoms with E-state index in [0.717, 1.165) is 10.9 Å². The summed E-state index contributed by atoms with van der Waals surface area (Å²) in [7, 11) is -0.574. The van der Waals surface area contributed by atoms with Crippen LogP contribution in [-0.2, 0) is 21.4 Å². The van der Waals surface area contributed by atoms with Crippen molar-refractivity contribution in [2.45, 2.75) is 24.3 Å². The highest BCUT2D eigenvalue weighted by molar-refractivity contribution is 7.89. The SMILES string of the molecule is COc1ccc(CNC(=O)[C@H]2CCCN(S(=O)(=O)c3cccc4ccccc34)C2)c(OC)c1. The lowest BCUT2D eigenvalue weighted by molar-refractivity contribution is -0.126. The second-order valence-corrected chi connectivity index (χ2v) is 9.98. The van der Waals surface area contributed by atoms with E-state index in [0.29, 0.717) is 42.8 Å². The number of amides is 1. The average Bonchev–Trinajstić information content (AvgIpc) is 2.86. The fraction of sp³-hybridized carbons (Fsp3) is 0.320. The van der Waals surface area contributed by atoms with Crippen molar-refractivity contribution in [3.8, 4) is 11.5 Å². The molecule has 3 aromatic rings. The van der Waals surface area contributed by atoms with Gasteiger partial charge in [0.1, 0.15) is 11.5 Å². The number of nitrogens with one attached hydrogen (secondary N) is 1. The van der Waals surface area contributed by atoms with Gasteiger partial charge in [-0.15, -0.1) is 0 Å². The highest BCUT2D eigenvalue weighted by atomic mass is 32.2. The van der Waals surface area contributed by atoms with E-state index in [2.05, 4.69) is 5.32 Å². The first-order chi connectivity index (χ1) is 15.9. The van der Waals surface area contributed by atoms with Crippen molar-refractivity contribution in [1.29, 1.82) is 0 Å². The highest BCUT2D eigenvalue weighted by Crippen LogP contribution is 2.29. The van der Waals surface area contributed by atoms with E-state index in [4.69, 9.17) is 9.47 Å². The van der Waals surface area contributed by atoms with E-state index in [1.54, 1.807) is 32.4 Å². The predicted molar refractivity (Wildman–Crippen MR) is 127 cm³/mol. The lowest BCUT2D eigenvalue weighted by atomic mass is 9.98. The Hall–Kier alpha value is -3.10. The lowest BCUT2D eigenvalue weighted by Crippen LogP contribution is -2.45. The van der Waals surface area contributed by atoms with Gasteiger partial charge in [-0.3, -0.25) is 4.79 Å². The van der Waals surface area contributed by atoms with Gasteiger partial charge in [0.05, 0.1) is 25.0 Å². The van der Waals surface area contributed by atoms with Gasteiger partial charge in [-0.1, -0.05) is 36.4 Å². The van der Waals surface area contributed by atoms with E-state index in [9.17, 15) is 13.2 Å². The molecule has 0 aromatic heterocycles. The minimum absolute atomic E-state index is 0.161. The maximum absolute atomic E-state index is 13.5. The van der Waals surface area contributed by atoms with Gasteiger partial charge in [-0.2, -0.15) is 4.31 Å². The Balaban J connectivity index is 1.47. The minimum Gasteiger partial charge on any atom is -0.497 e. The molecule has 1 saturated heterocycles. The first kappa shape index (κ1) is 23.1. The van der Waals surface area contributed by atoms with Crippen molar-refractivity contribution in [1.82, 2.24) is 9.62 Å². The van der Waals surface area contributed by atoms with Crippen LogP contribution in [0, 0.1) is 5.92 Å². The second kappa shape index (κ2) is 9.80. The summed E-state index contributed by atoms with van der Waals surface area (Å²) in [4.78, 5) is 13.2. The van der Waals surface area contributed by atoms with E-state index in [1.807, 2.05) is 42.5 Å². The summed E-state index contributed by atoms with van der Waals surface area (Å²) in [6, 6.07) is 18.1. The van der Waals surface area contributed by atoms with Crippen LogP contribution in [0.2, 0.25) is 0 Å². The van der Waals surface area contributed by atoms with Gasteiger partial charge in [-0.05, 0) is 36.4 Å². The molecule has 0 aliphatic carbocycles. The molecule has 7 nitrogen and oxygen atoms in total. The summed E-state index contributed by atoms with van der Waals surface area (Å²) in [6.45, 7) is 0.858. The molecule has 1 fully saturated rings. The molecule has 0 saturated carbocycles. The Kier molecular flexibility index (Phi) is 6.85. The largest absolute Gasteiger partial charge is 0.497 e. The maximum atomic E-state index is 13.5. The number of ether oxygens (including phenoxy) is 2. The summed E-state index contributed by atoms with van der Waals surface area (Å²) < 4.78 is 39.0. The van der Waals surface area contributed by atoms with Crippen molar-refractivity contribution < 1.29 is 22.7 Å². The highest BCUT2D eigenvalue weighted by Gasteiger charge is 2.34. The van der Waals surface area contributed by atoms with Gasteiger partial charge in [-0.25, -0.2) is 8.42 Å². The Morgan fingerprint density at radius 3 is 2.64 bits per heavy atom. The van der Waals surface area contributed by atoms with Crippen molar-refractivity contribution in [3.63, 3.8) is 0 Å². The maximum Gasteiger partial charge on any atom is 0.243 e. The third kappa shape index (κ3) is 4.82. The molecule has 3 aromatic carbocycles. The summed E-state index contributed by atoms with van der Waals surface area (Å²) in [5.41, 5.74) is 0.822. The number of carbonyl (C=O) groups excluding carboxylic acids is 1. The van der Waals surface area contributed by atoms with Crippen LogP contribution >= 0.6 is 0 Å². The number of nitrogens with zero attached hydrogens (tertiary/aromatic N) is 1. The zero-order valence-corrected chi connectivity index (χ0v) is 19.6. The Morgan fingerprint density at radius 1 is 1.06 bits per heavy atom. The van der Waals surface area contributed by atoms with Crippen LogP contribution in [0.4, 0.5) is 0 Å². The van der Waals surface area contributed by atoms with Gasteiger partial charge in [0.25, 0.3) is 0 Å². The van der Waals surface area contributed by atoms with Crippen LogP contribution in [0.3, 0.4) is 0 Å². The van der Waals surface area contributed by atoms with Crippen molar-refractivity contribution in [2.24, 2.45) is 5.92 Å².